The van der Waals surface area contributed by atoms with E-state index in [1.165, 1.54) is 0 Å². The van der Waals surface area contributed by atoms with Crippen LogP contribution in [0.25, 0.3) is 11.0 Å². The van der Waals surface area contributed by atoms with Crippen LogP contribution in [-0.2, 0) is 6.42 Å². The van der Waals surface area contributed by atoms with Crippen molar-refractivity contribution in [1.29, 1.82) is 0 Å². The molecule has 1 aromatic heterocycles. The average molecular weight is 286 g/mol. The van der Waals surface area contributed by atoms with E-state index in [-0.39, 0.29) is 17.8 Å². The number of Topliss-reactive ketones (excluding diaryl/α,β-unsaturated/α-hetero) is 1. The molecule has 0 saturated heterocycles. The molecule has 0 aliphatic heterocycles. The molecule has 0 radical (unpaired) electrons. The lowest BCUT2D eigenvalue weighted by Gasteiger charge is -2.00. The monoisotopic (exact) mass is 286 g/mol. The molecule has 3 aromatic rings. The van der Waals surface area contributed by atoms with Crippen LogP contribution in [0.2, 0.25) is 0 Å². The Balaban J connectivity index is 1.88. The normalized spacial score (nSPS) is 11.0. The molecule has 3 rings (SSSR count). The lowest BCUT2D eigenvalue weighted by Crippen LogP contribution is -2.06. The Morgan fingerprint density at radius 2 is 1.86 bits per heavy atom. The van der Waals surface area contributed by atoms with E-state index in [4.69, 9.17) is 0 Å². The summed E-state index contributed by atoms with van der Waals surface area (Å²) in [4.78, 5) is 19.4. The Morgan fingerprint density at radius 3 is 2.57 bits per heavy atom. The van der Waals surface area contributed by atoms with E-state index in [1.54, 1.807) is 0 Å². The number of halogens is 2. The third-order valence-electron chi connectivity index (χ3n) is 3.20. The molecule has 2 aromatic carbocycles. The smallest absolute Gasteiger partial charge is 0.170 e. The highest BCUT2D eigenvalue weighted by Crippen LogP contribution is 2.15. The highest BCUT2D eigenvalue weighted by molar-refractivity contribution is 5.97. The first-order valence-electron chi connectivity index (χ1n) is 6.46. The SMILES string of the molecule is Cc1ccc2nc(CC(=O)c3cc(F)cc(F)c3)[nH]c2c1. The second-order valence-electron chi connectivity index (χ2n) is 4.96. The lowest BCUT2D eigenvalue weighted by molar-refractivity contribution is 0.0990. The molecule has 0 spiro atoms. The van der Waals surface area contributed by atoms with Crippen LogP contribution in [-0.4, -0.2) is 15.8 Å². The topological polar surface area (TPSA) is 45.8 Å². The number of aryl methyl sites for hydroxylation is 1. The van der Waals surface area contributed by atoms with Gasteiger partial charge in [0.1, 0.15) is 17.5 Å². The van der Waals surface area contributed by atoms with E-state index in [9.17, 15) is 13.6 Å². The van der Waals surface area contributed by atoms with Crippen LogP contribution in [0.1, 0.15) is 21.7 Å². The highest BCUT2D eigenvalue weighted by atomic mass is 19.1. The van der Waals surface area contributed by atoms with Crippen molar-refractivity contribution in [3.8, 4) is 0 Å². The molecule has 21 heavy (non-hydrogen) atoms. The fraction of sp³-hybridized carbons (Fsp3) is 0.125. The van der Waals surface area contributed by atoms with Crippen LogP contribution in [0.5, 0.6) is 0 Å². The van der Waals surface area contributed by atoms with Crippen LogP contribution in [0.15, 0.2) is 36.4 Å². The summed E-state index contributed by atoms with van der Waals surface area (Å²) < 4.78 is 26.2. The van der Waals surface area contributed by atoms with Crippen molar-refractivity contribution in [3.05, 3.63) is 65.0 Å². The minimum absolute atomic E-state index is 0.00383. The number of carbonyl (C=O) groups is 1. The number of imidazole rings is 1. The van der Waals surface area contributed by atoms with Gasteiger partial charge in [0.2, 0.25) is 0 Å². The van der Waals surface area contributed by atoms with Crippen LogP contribution < -0.4 is 0 Å². The quantitative estimate of drug-likeness (QED) is 0.748. The van der Waals surface area contributed by atoms with Gasteiger partial charge in [-0.2, -0.15) is 0 Å². The number of ketones is 1. The number of aromatic nitrogens is 2. The zero-order chi connectivity index (χ0) is 15.0. The highest BCUT2D eigenvalue weighted by Gasteiger charge is 2.13. The molecule has 0 saturated carbocycles. The molecule has 0 fully saturated rings. The molecule has 0 bridgehead atoms. The summed E-state index contributed by atoms with van der Waals surface area (Å²) in [6, 6.07) is 8.50. The van der Waals surface area contributed by atoms with Gasteiger partial charge >= 0.3 is 0 Å². The summed E-state index contributed by atoms with van der Waals surface area (Å²) in [7, 11) is 0. The number of hydrogen-bond acceptors (Lipinski definition) is 2. The number of nitrogens with one attached hydrogen (secondary N) is 1. The Bertz CT molecular complexity index is 819. The fourth-order valence-corrected chi connectivity index (χ4v) is 2.23. The number of H-pyrrole nitrogens is 1. The average Bonchev–Trinajstić information content (AvgIpc) is 2.78. The van der Waals surface area contributed by atoms with Crippen molar-refractivity contribution < 1.29 is 13.6 Å². The number of carbonyl (C=O) groups excluding carboxylic acids is 1. The molecule has 106 valence electrons. The largest absolute Gasteiger partial charge is 0.342 e. The van der Waals surface area contributed by atoms with Crippen molar-refractivity contribution in [2.75, 3.05) is 0 Å². The molecule has 1 heterocycles. The minimum atomic E-state index is -0.765. The molecule has 0 unspecified atom stereocenters. The molecule has 3 nitrogen and oxygen atoms in total. The number of nitrogens with zero attached hydrogens (tertiary/aromatic N) is 1. The molecular weight excluding hydrogens is 274 g/mol. The van der Waals surface area contributed by atoms with E-state index in [1.807, 2.05) is 25.1 Å². The molecule has 0 aliphatic carbocycles. The molecule has 0 atom stereocenters. The van der Waals surface area contributed by atoms with Crippen LogP contribution in [0, 0.1) is 18.6 Å². The van der Waals surface area contributed by atoms with Crippen LogP contribution >= 0.6 is 0 Å². The molecule has 0 aliphatic rings. The van der Waals surface area contributed by atoms with Gasteiger partial charge in [-0.25, -0.2) is 13.8 Å². The Hall–Kier alpha value is -2.56. The summed E-state index contributed by atoms with van der Waals surface area (Å²) in [5, 5.41) is 0. The zero-order valence-corrected chi connectivity index (χ0v) is 11.3. The Labute approximate surface area is 119 Å². The second kappa shape index (κ2) is 5.09. The predicted molar refractivity (Wildman–Crippen MR) is 75.2 cm³/mol. The van der Waals surface area contributed by atoms with Gasteiger partial charge in [-0.1, -0.05) is 6.07 Å². The third kappa shape index (κ3) is 2.81. The van der Waals surface area contributed by atoms with E-state index in [2.05, 4.69) is 9.97 Å². The maximum Gasteiger partial charge on any atom is 0.170 e. The van der Waals surface area contributed by atoms with Gasteiger partial charge in [-0.15, -0.1) is 0 Å². The van der Waals surface area contributed by atoms with Gasteiger partial charge in [0.15, 0.2) is 5.78 Å². The molecule has 5 heteroatoms. The summed E-state index contributed by atoms with van der Waals surface area (Å²) in [6.07, 6.45) is -0.0311. The fourth-order valence-electron chi connectivity index (χ4n) is 2.23. The minimum Gasteiger partial charge on any atom is -0.342 e. The van der Waals surface area contributed by atoms with Gasteiger partial charge < -0.3 is 4.98 Å². The lowest BCUT2D eigenvalue weighted by atomic mass is 10.1. The second-order valence-corrected chi connectivity index (χ2v) is 4.96. The van der Waals surface area contributed by atoms with Gasteiger partial charge in [0.25, 0.3) is 0 Å². The molecular formula is C16H12F2N2O. The van der Waals surface area contributed by atoms with Crippen LogP contribution in [0.4, 0.5) is 8.78 Å². The number of rotatable bonds is 3. The van der Waals surface area contributed by atoms with Crippen molar-refractivity contribution in [2.45, 2.75) is 13.3 Å². The Morgan fingerprint density at radius 1 is 1.14 bits per heavy atom. The van der Waals surface area contributed by atoms with E-state index in [0.717, 1.165) is 34.8 Å². The van der Waals surface area contributed by atoms with Gasteiger partial charge in [-0.05, 0) is 36.8 Å². The van der Waals surface area contributed by atoms with E-state index < -0.39 is 11.6 Å². The molecule has 0 amide bonds. The van der Waals surface area contributed by atoms with Gasteiger partial charge in [0, 0.05) is 11.6 Å². The maximum atomic E-state index is 13.1. The molecule has 1 N–H and O–H groups in total. The number of benzene rings is 2. The van der Waals surface area contributed by atoms with Gasteiger partial charge in [-0.3, -0.25) is 4.79 Å². The van der Waals surface area contributed by atoms with Crippen molar-refractivity contribution in [3.63, 3.8) is 0 Å². The first-order chi connectivity index (χ1) is 10.0. The van der Waals surface area contributed by atoms with E-state index >= 15 is 0 Å². The van der Waals surface area contributed by atoms with Crippen molar-refractivity contribution in [2.24, 2.45) is 0 Å². The van der Waals surface area contributed by atoms with Crippen LogP contribution in [0.3, 0.4) is 0 Å². The summed E-state index contributed by atoms with van der Waals surface area (Å²) >= 11 is 0. The maximum absolute atomic E-state index is 13.1. The summed E-state index contributed by atoms with van der Waals surface area (Å²) in [5.41, 5.74) is 2.68. The zero-order valence-electron chi connectivity index (χ0n) is 11.3. The number of hydrogen-bond donors (Lipinski definition) is 1. The number of aromatic amines is 1. The third-order valence-corrected chi connectivity index (χ3v) is 3.20. The summed E-state index contributed by atoms with van der Waals surface area (Å²) in [6.45, 7) is 1.96. The first kappa shape index (κ1) is 13.4. The standard InChI is InChI=1S/C16H12F2N2O/c1-9-2-3-13-14(4-9)20-16(19-13)8-15(21)10-5-11(17)7-12(18)6-10/h2-7H,8H2,1H3,(H,19,20). The first-order valence-corrected chi connectivity index (χ1v) is 6.46. The Kier molecular flexibility index (Phi) is 3.25. The van der Waals surface area contributed by atoms with Gasteiger partial charge in [0.05, 0.1) is 17.5 Å². The van der Waals surface area contributed by atoms with Crippen molar-refractivity contribution >= 4 is 16.8 Å². The van der Waals surface area contributed by atoms with Crippen molar-refractivity contribution in [1.82, 2.24) is 9.97 Å². The van der Waals surface area contributed by atoms with E-state index in [0.29, 0.717) is 5.82 Å². The predicted octanol–water partition coefficient (Wildman–Crippen LogP) is 3.57. The summed E-state index contributed by atoms with van der Waals surface area (Å²) in [5.74, 6) is -1.44. The number of fused-ring (bicyclic) bond motifs is 1.